The summed E-state index contributed by atoms with van der Waals surface area (Å²) < 4.78 is 0. The first-order valence-electron chi connectivity index (χ1n) is 5.48. The van der Waals surface area contributed by atoms with Gasteiger partial charge in [-0.2, -0.15) is 0 Å². The molecule has 1 N–H and O–H groups in total. The van der Waals surface area contributed by atoms with E-state index in [1.807, 2.05) is 0 Å². The minimum atomic E-state index is -0.666. The molecule has 0 radical (unpaired) electrons. The van der Waals surface area contributed by atoms with Gasteiger partial charge in [-0.3, -0.25) is 9.59 Å². The number of aliphatic carboxylic acids is 1. The molecule has 0 aromatic rings. The predicted octanol–water partition coefficient (Wildman–Crippen LogP) is 0.398. The highest BCUT2D eigenvalue weighted by atomic mass is 16.4. The van der Waals surface area contributed by atoms with Crippen molar-refractivity contribution in [1.82, 2.24) is 0 Å². The summed E-state index contributed by atoms with van der Waals surface area (Å²) in [6.45, 7) is 0. The minimum absolute atomic E-state index is 0.0521. The Kier molecular flexibility index (Phi) is 0.646. The van der Waals surface area contributed by atoms with Crippen molar-refractivity contribution < 1.29 is 14.7 Å². The molecule has 0 aromatic carbocycles. The van der Waals surface area contributed by atoms with Crippen LogP contribution in [0.25, 0.3) is 0 Å². The van der Waals surface area contributed by atoms with E-state index >= 15 is 0 Å². The summed E-state index contributed by atoms with van der Waals surface area (Å²) in [5.41, 5.74) is -0.538. The van der Waals surface area contributed by atoms with Gasteiger partial charge >= 0.3 is 5.97 Å². The van der Waals surface area contributed by atoms with Crippen LogP contribution in [0.3, 0.4) is 0 Å². The molecule has 0 heterocycles. The van der Waals surface area contributed by atoms with Crippen molar-refractivity contribution in [3.05, 3.63) is 0 Å². The number of ketones is 1. The van der Waals surface area contributed by atoms with Crippen LogP contribution in [0.1, 0.15) is 6.42 Å². The fourth-order valence-electron chi connectivity index (χ4n) is 6.39. The first kappa shape index (κ1) is 6.59. The Morgan fingerprint density at radius 1 is 1.36 bits per heavy atom. The van der Waals surface area contributed by atoms with Crippen LogP contribution < -0.4 is 0 Å². The second-order valence-corrected chi connectivity index (χ2v) is 5.84. The number of carboxylic acids is 1. The van der Waals surface area contributed by atoms with Crippen molar-refractivity contribution in [2.24, 2.45) is 46.8 Å². The molecular formula is C11H10O3. The van der Waals surface area contributed by atoms with Gasteiger partial charge in [0.05, 0.1) is 5.41 Å². The molecule has 3 heteroatoms. The molecule has 0 aliphatic heterocycles. The van der Waals surface area contributed by atoms with Crippen LogP contribution in [0.2, 0.25) is 0 Å². The highest BCUT2D eigenvalue weighted by molar-refractivity contribution is 6.02. The van der Waals surface area contributed by atoms with E-state index in [1.54, 1.807) is 0 Å². The highest BCUT2D eigenvalue weighted by Crippen LogP contribution is 2.92. The van der Waals surface area contributed by atoms with Gasteiger partial charge in [0.2, 0.25) is 0 Å². The van der Waals surface area contributed by atoms with E-state index in [-0.39, 0.29) is 17.8 Å². The van der Waals surface area contributed by atoms with Crippen LogP contribution in [0.15, 0.2) is 0 Å². The van der Waals surface area contributed by atoms with Crippen molar-refractivity contribution >= 4 is 11.8 Å². The smallest absolute Gasteiger partial charge is 0.311 e. The van der Waals surface area contributed by atoms with Crippen molar-refractivity contribution in [1.29, 1.82) is 0 Å². The molecular weight excluding hydrogens is 180 g/mol. The van der Waals surface area contributed by atoms with Crippen LogP contribution in [-0.2, 0) is 9.59 Å². The Balaban J connectivity index is 1.84. The van der Waals surface area contributed by atoms with Crippen LogP contribution in [0, 0.1) is 46.8 Å². The van der Waals surface area contributed by atoms with Crippen molar-refractivity contribution in [3.8, 4) is 0 Å². The molecule has 6 rings (SSSR count). The molecule has 6 aliphatic carbocycles. The lowest BCUT2D eigenvalue weighted by molar-refractivity contribution is -0.260. The number of carboxylic acid groups (broad SMARTS) is 1. The Morgan fingerprint density at radius 3 is 2.79 bits per heavy atom. The molecule has 0 unspecified atom stereocenters. The van der Waals surface area contributed by atoms with E-state index in [4.69, 9.17) is 0 Å². The Hall–Kier alpha value is -0.860. The molecule has 4 bridgehead atoms. The Morgan fingerprint density at radius 2 is 2.14 bits per heavy atom. The largest absolute Gasteiger partial charge is 0.481 e. The van der Waals surface area contributed by atoms with Gasteiger partial charge in [-0.05, 0) is 36.0 Å². The molecule has 0 aromatic heterocycles. The third-order valence-electron chi connectivity index (χ3n) is 6.23. The minimum Gasteiger partial charge on any atom is -0.481 e. The van der Waals surface area contributed by atoms with Gasteiger partial charge in [0.15, 0.2) is 0 Å². The van der Waals surface area contributed by atoms with Gasteiger partial charge < -0.3 is 5.11 Å². The quantitative estimate of drug-likeness (QED) is 0.651. The Labute approximate surface area is 80.5 Å². The number of Topliss-reactive ketones (excluding diaryl/α,β-unsaturated/α-hetero) is 1. The van der Waals surface area contributed by atoms with Crippen LogP contribution in [0.4, 0.5) is 0 Å². The molecule has 8 atom stereocenters. The monoisotopic (exact) mass is 190 g/mol. The van der Waals surface area contributed by atoms with Crippen LogP contribution in [0.5, 0.6) is 0 Å². The lowest BCUT2D eigenvalue weighted by Gasteiger charge is -2.69. The standard InChI is InChI=1S/C11H10O3/c12-9-5-2-1-3-6-4(2)8(9)11(6,7(3)5)10(13)14/h2-8H,1H2,(H,13,14)/t2-,3+,4+,5-,6-,7-,8-,11-/m0/s1. The second-order valence-electron chi connectivity index (χ2n) is 5.84. The van der Waals surface area contributed by atoms with Crippen LogP contribution >= 0.6 is 0 Å². The highest BCUT2D eigenvalue weighted by Gasteiger charge is 2.96. The number of carbonyl (C=O) groups is 2. The van der Waals surface area contributed by atoms with Gasteiger partial charge in [0.25, 0.3) is 0 Å². The maximum absolute atomic E-state index is 11.9. The average Bonchev–Trinajstić information content (AvgIpc) is 2.58. The number of carbonyl (C=O) groups excluding carboxylic acids is 1. The van der Waals surface area contributed by atoms with Crippen molar-refractivity contribution in [2.45, 2.75) is 6.42 Å². The van der Waals surface area contributed by atoms with Gasteiger partial charge in [-0.15, -0.1) is 0 Å². The maximum Gasteiger partial charge on any atom is 0.311 e. The van der Waals surface area contributed by atoms with E-state index in [9.17, 15) is 14.7 Å². The van der Waals surface area contributed by atoms with E-state index < -0.39 is 11.4 Å². The zero-order valence-electron chi connectivity index (χ0n) is 7.51. The normalized spacial score (nSPS) is 73.7. The molecule has 3 nitrogen and oxygen atoms in total. The summed E-state index contributed by atoms with van der Waals surface area (Å²) >= 11 is 0. The summed E-state index contributed by atoms with van der Waals surface area (Å²) in [5.74, 6) is 2.17. The first-order valence-corrected chi connectivity index (χ1v) is 5.48. The van der Waals surface area contributed by atoms with Gasteiger partial charge in [-0.25, -0.2) is 0 Å². The summed E-state index contributed by atoms with van der Waals surface area (Å²) in [5, 5.41) is 9.34. The number of hydrogen-bond acceptors (Lipinski definition) is 2. The Bertz CT molecular complexity index is 428. The molecule has 0 spiro atoms. The van der Waals surface area contributed by atoms with E-state index in [0.29, 0.717) is 29.5 Å². The van der Waals surface area contributed by atoms with E-state index in [2.05, 4.69) is 0 Å². The topological polar surface area (TPSA) is 54.4 Å². The summed E-state index contributed by atoms with van der Waals surface area (Å²) in [4.78, 5) is 23.3. The van der Waals surface area contributed by atoms with Crippen molar-refractivity contribution in [2.75, 3.05) is 0 Å². The fourth-order valence-corrected chi connectivity index (χ4v) is 6.39. The zero-order chi connectivity index (χ0) is 9.40. The van der Waals surface area contributed by atoms with Crippen LogP contribution in [-0.4, -0.2) is 16.9 Å². The second kappa shape index (κ2) is 1.37. The molecule has 6 saturated carbocycles. The number of rotatable bonds is 1. The van der Waals surface area contributed by atoms with E-state index in [0.717, 1.165) is 0 Å². The van der Waals surface area contributed by atoms with Gasteiger partial charge in [0.1, 0.15) is 5.78 Å². The lowest BCUT2D eigenvalue weighted by atomic mass is 9.32. The van der Waals surface area contributed by atoms with Gasteiger partial charge in [-0.1, -0.05) is 0 Å². The molecule has 6 aliphatic rings. The lowest BCUT2D eigenvalue weighted by Crippen LogP contribution is -2.73. The third-order valence-corrected chi connectivity index (χ3v) is 6.23. The van der Waals surface area contributed by atoms with Crippen molar-refractivity contribution in [3.63, 3.8) is 0 Å². The zero-order valence-corrected chi connectivity index (χ0v) is 7.51. The maximum atomic E-state index is 11.9. The average molecular weight is 190 g/mol. The summed E-state index contributed by atoms with van der Waals surface area (Å²) in [6, 6.07) is 0. The number of hydrogen-bond donors (Lipinski definition) is 1. The summed E-state index contributed by atoms with van der Waals surface area (Å²) in [6.07, 6.45) is 1.17. The SMILES string of the molecule is O=C1[C@H]2[C@H]3C[C@H]4[C@@H]2[C@@]2(C(=O)O)[C@@H]4[C@@H]3[C@@H]12. The fraction of sp³-hybridized carbons (Fsp3) is 0.818. The third kappa shape index (κ3) is 0.287. The summed E-state index contributed by atoms with van der Waals surface area (Å²) in [7, 11) is 0. The molecule has 6 fully saturated rings. The first-order chi connectivity index (χ1) is 6.70. The molecule has 0 amide bonds. The van der Waals surface area contributed by atoms with E-state index in [1.165, 1.54) is 6.42 Å². The molecule has 0 saturated heterocycles. The molecule has 14 heavy (non-hydrogen) atoms. The molecule has 72 valence electrons. The predicted molar refractivity (Wildman–Crippen MR) is 44.1 cm³/mol. The van der Waals surface area contributed by atoms with Gasteiger partial charge in [0, 0.05) is 11.8 Å².